The Balaban J connectivity index is 1.47. The maximum absolute atomic E-state index is 10.9. The van der Waals surface area contributed by atoms with Crippen molar-refractivity contribution in [2.24, 2.45) is 0 Å². The summed E-state index contributed by atoms with van der Waals surface area (Å²) in [5, 5.41) is 19.0. The van der Waals surface area contributed by atoms with Crippen molar-refractivity contribution in [3.05, 3.63) is 105 Å². The molecule has 1 heterocycles. The first-order chi connectivity index (χ1) is 16.0. The van der Waals surface area contributed by atoms with Gasteiger partial charge in [0.05, 0.1) is 17.7 Å². The first kappa shape index (κ1) is 21.1. The second kappa shape index (κ2) is 8.62. The van der Waals surface area contributed by atoms with Gasteiger partial charge in [-0.05, 0) is 69.5 Å². The fourth-order valence-corrected chi connectivity index (χ4v) is 5.21. The number of nitro groups is 1. The number of aryl methyl sites for hydroxylation is 1. The van der Waals surface area contributed by atoms with E-state index >= 15 is 0 Å². The van der Waals surface area contributed by atoms with E-state index in [1.165, 1.54) is 38.2 Å². The van der Waals surface area contributed by atoms with E-state index < -0.39 is 4.92 Å². The SMILES string of the molecule is CNC(=C[N+](=O)[O-])N(C)Cc1occc1C1CCc2ccc3c(ccc4ccccc43)c2C1. The molecule has 33 heavy (non-hydrogen) atoms. The smallest absolute Gasteiger partial charge is 0.274 e. The number of benzene rings is 3. The van der Waals surface area contributed by atoms with Gasteiger partial charge in [0.2, 0.25) is 0 Å². The van der Waals surface area contributed by atoms with Crippen molar-refractivity contribution in [3.63, 3.8) is 0 Å². The molecule has 6 nitrogen and oxygen atoms in total. The van der Waals surface area contributed by atoms with Crippen molar-refractivity contribution in [1.82, 2.24) is 10.2 Å². The van der Waals surface area contributed by atoms with E-state index in [0.717, 1.165) is 31.2 Å². The molecule has 3 aromatic carbocycles. The zero-order valence-corrected chi connectivity index (χ0v) is 18.9. The van der Waals surface area contributed by atoms with Gasteiger partial charge in [0.1, 0.15) is 5.76 Å². The summed E-state index contributed by atoms with van der Waals surface area (Å²) in [6.07, 6.45) is 5.78. The second-order valence-electron chi connectivity index (χ2n) is 8.73. The van der Waals surface area contributed by atoms with Crippen LogP contribution < -0.4 is 5.32 Å². The van der Waals surface area contributed by atoms with Crippen LogP contribution in [-0.2, 0) is 19.4 Å². The highest BCUT2D eigenvalue weighted by atomic mass is 16.6. The maximum Gasteiger partial charge on any atom is 0.274 e. The molecule has 1 aliphatic rings. The van der Waals surface area contributed by atoms with Crippen LogP contribution in [-0.4, -0.2) is 23.9 Å². The van der Waals surface area contributed by atoms with Gasteiger partial charge in [-0.2, -0.15) is 0 Å². The molecule has 5 rings (SSSR count). The Bertz CT molecular complexity index is 1370. The van der Waals surface area contributed by atoms with Crippen molar-refractivity contribution in [2.75, 3.05) is 14.1 Å². The second-order valence-corrected chi connectivity index (χ2v) is 8.73. The average Bonchev–Trinajstić information content (AvgIpc) is 3.29. The molecule has 1 unspecified atom stereocenters. The summed E-state index contributed by atoms with van der Waals surface area (Å²) in [4.78, 5) is 12.3. The summed E-state index contributed by atoms with van der Waals surface area (Å²) in [5.74, 6) is 1.66. The first-order valence-corrected chi connectivity index (χ1v) is 11.3. The molecular formula is C27H27N3O3. The Kier molecular flexibility index (Phi) is 5.50. The predicted molar refractivity (Wildman–Crippen MR) is 131 cm³/mol. The molecule has 0 fully saturated rings. The van der Waals surface area contributed by atoms with Crippen LogP contribution in [0.4, 0.5) is 0 Å². The van der Waals surface area contributed by atoms with E-state index in [9.17, 15) is 10.1 Å². The monoisotopic (exact) mass is 441 g/mol. The van der Waals surface area contributed by atoms with Gasteiger partial charge in [-0.1, -0.05) is 48.5 Å². The van der Waals surface area contributed by atoms with Crippen molar-refractivity contribution < 1.29 is 9.34 Å². The highest BCUT2D eigenvalue weighted by Gasteiger charge is 2.26. The third-order valence-corrected chi connectivity index (χ3v) is 6.84. The van der Waals surface area contributed by atoms with Gasteiger partial charge in [-0.15, -0.1) is 0 Å². The quantitative estimate of drug-likeness (QED) is 0.240. The molecule has 168 valence electrons. The van der Waals surface area contributed by atoms with Crippen molar-refractivity contribution in [1.29, 1.82) is 0 Å². The summed E-state index contributed by atoms with van der Waals surface area (Å²) in [7, 11) is 3.51. The van der Waals surface area contributed by atoms with Gasteiger partial charge in [0, 0.05) is 14.1 Å². The van der Waals surface area contributed by atoms with Crippen LogP contribution in [0.3, 0.4) is 0 Å². The Morgan fingerprint density at radius 2 is 1.97 bits per heavy atom. The zero-order chi connectivity index (χ0) is 22.9. The Morgan fingerprint density at radius 1 is 1.15 bits per heavy atom. The molecule has 0 spiro atoms. The summed E-state index contributed by atoms with van der Waals surface area (Å²) < 4.78 is 5.85. The van der Waals surface area contributed by atoms with Gasteiger partial charge < -0.3 is 14.6 Å². The molecular weight excluding hydrogens is 414 g/mol. The summed E-state index contributed by atoms with van der Waals surface area (Å²) in [5.41, 5.74) is 4.06. The highest BCUT2D eigenvalue weighted by Crippen LogP contribution is 2.39. The molecule has 1 N–H and O–H groups in total. The van der Waals surface area contributed by atoms with Gasteiger partial charge in [0.15, 0.2) is 5.82 Å². The lowest BCUT2D eigenvalue weighted by atomic mass is 9.78. The van der Waals surface area contributed by atoms with E-state index in [-0.39, 0.29) is 0 Å². The van der Waals surface area contributed by atoms with Gasteiger partial charge >= 0.3 is 0 Å². The lowest BCUT2D eigenvalue weighted by Gasteiger charge is -2.27. The topological polar surface area (TPSA) is 71.6 Å². The fraction of sp³-hybridized carbons (Fsp3) is 0.259. The summed E-state index contributed by atoms with van der Waals surface area (Å²) in [6.45, 7) is 0.465. The van der Waals surface area contributed by atoms with Crippen LogP contribution >= 0.6 is 0 Å². The van der Waals surface area contributed by atoms with E-state index in [2.05, 4.69) is 59.9 Å². The van der Waals surface area contributed by atoms with E-state index in [1.54, 1.807) is 13.3 Å². The maximum atomic E-state index is 10.9. The van der Waals surface area contributed by atoms with Crippen LogP contribution in [0.5, 0.6) is 0 Å². The number of nitrogens with one attached hydrogen (secondary N) is 1. The van der Waals surface area contributed by atoms with Crippen molar-refractivity contribution in [2.45, 2.75) is 31.7 Å². The third kappa shape index (κ3) is 3.93. The van der Waals surface area contributed by atoms with Crippen LogP contribution in [0.2, 0.25) is 0 Å². The molecule has 4 aromatic rings. The number of nitrogens with zero attached hydrogens (tertiary/aromatic N) is 2. The zero-order valence-electron chi connectivity index (χ0n) is 18.9. The van der Waals surface area contributed by atoms with E-state index in [4.69, 9.17) is 4.42 Å². The molecule has 0 saturated heterocycles. The van der Waals surface area contributed by atoms with E-state index in [1.807, 2.05) is 11.9 Å². The Labute approximate surface area is 192 Å². The summed E-state index contributed by atoms with van der Waals surface area (Å²) in [6, 6.07) is 19.7. The van der Waals surface area contributed by atoms with Gasteiger partial charge in [-0.3, -0.25) is 10.1 Å². The standard InChI is InChI=1S/C27H27N3O3/c1-28-27(17-30(31)32)29(2)16-26-22(13-14-33-26)20-8-7-19-10-11-23-21-6-4-3-5-18(21)9-12-24(23)25(19)15-20/h3-6,9-14,17,20,28H,7-8,15-16H2,1-2H3. The molecule has 1 aliphatic carbocycles. The first-order valence-electron chi connectivity index (χ1n) is 11.3. The van der Waals surface area contributed by atoms with Crippen LogP contribution in [0.25, 0.3) is 21.5 Å². The number of furan rings is 1. The normalized spacial score (nSPS) is 16.1. The number of rotatable bonds is 6. The molecule has 0 bridgehead atoms. The molecule has 6 heteroatoms. The lowest BCUT2D eigenvalue weighted by Crippen LogP contribution is -2.27. The minimum atomic E-state index is -0.446. The minimum Gasteiger partial charge on any atom is -0.467 e. The largest absolute Gasteiger partial charge is 0.467 e. The van der Waals surface area contributed by atoms with Crippen molar-refractivity contribution in [3.8, 4) is 0 Å². The molecule has 0 saturated carbocycles. The lowest BCUT2D eigenvalue weighted by molar-refractivity contribution is -0.404. The van der Waals surface area contributed by atoms with Crippen LogP contribution in [0.15, 0.2) is 77.3 Å². The minimum absolute atomic E-state index is 0.356. The fourth-order valence-electron chi connectivity index (χ4n) is 5.21. The molecule has 0 aliphatic heterocycles. The highest BCUT2D eigenvalue weighted by molar-refractivity contribution is 6.08. The molecule has 0 radical (unpaired) electrons. The Morgan fingerprint density at radius 3 is 2.79 bits per heavy atom. The van der Waals surface area contributed by atoms with Gasteiger partial charge in [-0.25, -0.2) is 0 Å². The molecule has 1 aromatic heterocycles. The molecule has 1 atom stereocenters. The van der Waals surface area contributed by atoms with Gasteiger partial charge in [0.25, 0.3) is 6.20 Å². The summed E-state index contributed by atoms with van der Waals surface area (Å²) >= 11 is 0. The third-order valence-electron chi connectivity index (χ3n) is 6.84. The van der Waals surface area contributed by atoms with Crippen LogP contribution in [0, 0.1) is 10.1 Å². The van der Waals surface area contributed by atoms with Crippen molar-refractivity contribution >= 4 is 21.5 Å². The Hall–Kier alpha value is -3.80. The number of hydrogen-bond donors (Lipinski definition) is 1. The predicted octanol–water partition coefficient (Wildman–Crippen LogP) is 5.59. The van der Waals surface area contributed by atoms with E-state index in [0.29, 0.717) is 18.3 Å². The number of fused-ring (bicyclic) bond motifs is 5. The molecule has 0 amide bonds. The average molecular weight is 442 g/mol. The number of hydrogen-bond acceptors (Lipinski definition) is 5. The van der Waals surface area contributed by atoms with Crippen LogP contribution in [0.1, 0.15) is 34.8 Å².